The van der Waals surface area contributed by atoms with E-state index in [0.29, 0.717) is 17.6 Å². The number of hydrogen-bond acceptors (Lipinski definition) is 4. The lowest BCUT2D eigenvalue weighted by Crippen LogP contribution is -2.22. The van der Waals surface area contributed by atoms with Crippen molar-refractivity contribution in [3.8, 4) is 0 Å². The summed E-state index contributed by atoms with van der Waals surface area (Å²) < 4.78 is 0.508. The molecule has 1 rings (SSSR count). The Hall–Kier alpha value is -0.980. The van der Waals surface area contributed by atoms with Crippen LogP contribution in [-0.2, 0) is 6.54 Å². The summed E-state index contributed by atoms with van der Waals surface area (Å²) in [5, 5.41) is 22.7. The zero-order chi connectivity index (χ0) is 12.8. The van der Waals surface area contributed by atoms with Crippen LogP contribution in [0.25, 0.3) is 0 Å². The van der Waals surface area contributed by atoms with E-state index in [9.17, 15) is 10.1 Å². The maximum Gasteiger partial charge on any atom is 0.283 e. The van der Waals surface area contributed by atoms with Crippen LogP contribution in [0.5, 0.6) is 0 Å². The van der Waals surface area contributed by atoms with E-state index < -0.39 is 4.92 Å². The van der Waals surface area contributed by atoms with Crippen LogP contribution in [0, 0.1) is 16.0 Å². The fourth-order valence-corrected chi connectivity index (χ4v) is 1.91. The number of nitro benzene ring substituents is 1. The minimum absolute atomic E-state index is 0.0690. The molecule has 0 amide bonds. The molecule has 0 saturated carbocycles. The van der Waals surface area contributed by atoms with Crippen molar-refractivity contribution in [1.29, 1.82) is 0 Å². The molecule has 1 atom stereocenters. The highest BCUT2D eigenvalue weighted by molar-refractivity contribution is 9.10. The van der Waals surface area contributed by atoms with Gasteiger partial charge in [-0.3, -0.25) is 10.1 Å². The third kappa shape index (κ3) is 4.07. The average Bonchev–Trinajstić information content (AvgIpc) is 2.30. The third-order valence-corrected chi connectivity index (χ3v) is 3.29. The van der Waals surface area contributed by atoms with E-state index in [2.05, 4.69) is 21.2 Å². The number of nitro groups is 1. The Kier molecular flexibility index (Phi) is 5.54. The topological polar surface area (TPSA) is 75.4 Å². The van der Waals surface area contributed by atoms with Gasteiger partial charge in [-0.25, -0.2) is 0 Å². The van der Waals surface area contributed by atoms with Crippen LogP contribution in [0.3, 0.4) is 0 Å². The molecule has 1 aromatic rings. The summed E-state index contributed by atoms with van der Waals surface area (Å²) in [4.78, 5) is 10.3. The second-order valence-electron chi connectivity index (χ2n) is 3.93. The van der Waals surface area contributed by atoms with Crippen LogP contribution < -0.4 is 5.32 Å². The summed E-state index contributed by atoms with van der Waals surface area (Å²) in [5.41, 5.74) is 0.906. The van der Waals surface area contributed by atoms with Crippen LogP contribution >= 0.6 is 15.9 Å². The van der Waals surface area contributed by atoms with E-state index in [0.717, 1.165) is 5.56 Å². The van der Waals surface area contributed by atoms with E-state index in [1.165, 1.54) is 6.07 Å². The van der Waals surface area contributed by atoms with Crippen LogP contribution in [0.2, 0.25) is 0 Å². The number of rotatable bonds is 6. The van der Waals surface area contributed by atoms with Crippen LogP contribution in [0.1, 0.15) is 12.5 Å². The van der Waals surface area contributed by atoms with E-state index in [1.807, 2.05) is 13.0 Å². The molecule has 17 heavy (non-hydrogen) atoms. The molecular formula is C11H15BrN2O3. The molecule has 0 bridgehead atoms. The van der Waals surface area contributed by atoms with Crippen LogP contribution in [-0.4, -0.2) is 23.2 Å². The molecule has 0 aromatic heterocycles. The average molecular weight is 303 g/mol. The van der Waals surface area contributed by atoms with Gasteiger partial charge in [-0.1, -0.05) is 19.1 Å². The quantitative estimate of drug-likeness (QED) is 0.623. The molecule has 6 heteroatoms. The van der Waals surface area contributed by atoms with Crippen molar-refractivity contribution < 1.29 is 10.0 Å². The van der Waals surface area contributed by atoms with Crippen molar-refractivity contribution in [2.45, 2.75) is 13.5 Å². The molecule has 0 spiro atoms. The van der Waals surface area contributed by atoms with Gasteiger partial charge in [-0.15, -0.1) is 0 Å². The van der Waals surface area contributed by atoms with Gasteiger partial charge >= 0.3 is 0 Å². The Morgan fingerprint density at radius 1 is 1.59 bits per heavy atom. The Bertz CT molecular complexity index is 398. The first-order chi connectivity index (χ1) is 8.06. The number of hydrogen-bond donors (Lipinski definition) is 2. The lowest BCUT2D eigenvalue weighted by atomic mass is 10.1. The van der Waals surface area contributed by atoms with Gasteiger partial charge in [-0.05, 0) is 27.4 Å². The van der Waals surface area contributed by atoms with Crippen molar-refractivity contribution in [3.05, 3.63) is 38.3 Å². The first kappa shape index (κ1) is 14.1. The SMILES string of the molecule is CC(CO)CNCc1cccc([N+](=O)[O-])c1Br. The monoisotopic (exact) mass is 302 g/mol. The third-order valence-electron chi connectivity index (χ3n) is 2.37. The molecule has 0 radical (unpaired) electrons. The molecular weight excluding hydrogens is 288 g/mol. The number of halogens is 1. The summed E-state index contributed by atoms with van der Waals surface area (Å²) in [6, 6.07) is 4.95. The van der Waals surface area contributed by atoms with Gasteiger partial charge in [-0.2, -0.15) is 0 Å². The van der Waals surface area contributed by atoms with E-state index >= 15 is 0 Å². The number of nitrogens with zero attached hydrogens (tertiary/aromatic N) is 1. The summed E-state index contributed by atoms with van der Waals surface area (Å²) >= 11 is 3.24. The van der Waals surface area contributed by atoms with Crippen molar-refractivity contribution in [2.24, 2.45) is 5.92 Å². The molecule has 5 nitrogen and oxygen atoms in total. The van der Waals surface area contributed by atoms with E-state index in [-0.39, 0.29) is 18.2 Å². The summed E-state index contributed by atoms with van der Waals surface area (Å²) in [7, 11) is 0. The van der Waals surface area contributed by atoms with Gasteiger partial charge < -0.3 is 10.4 Å². The fraction of sp³-hybridized carbons (Fsp3) is 0.455. The second-order valence-corrected chi connectivity index (χ2v) is 4.72. The highest BCUT2D eigenvalue weighted by Crippen LogP contribution is 2.28. The molecule has 0 aliphatic heterocycles. The molecule has 1 aromatic carbocycles. The summed E-state index contributed by atoms with van der Waals surface area (Å²) in [5.74, 6) is 0.174. The smallest absolute Gasteiger partial charge is 0.283 e. The predicted octanol–water partition coefficient (Wildman–Crippen LogP) is 2.08. The van der Waals surface area contributed by atoms with Gasteiger partial charge in [0.05, 0.1) is 9.40 Å². The van der Waals surface area contributed by atoms with Gasteiger partial charge in [0.1, 0.15) is 0 Å². The zero-order valence-corrected chi connectivity index (χ0v) is 11.1. The zero-order valence-electron chi connectivity index (χ0n) is 9.52. The largest absolute Gasteiger partial charge is 0.396 e. The Balaban J connectivity index is 2.66. The molecule has 94 valence electrons. The van der Waals surface area contributed by atoms with Crippen molar-refractivity contribution in [3.63, 3.8) is 0 Å². The highest BCUT2D eigenvalue weighted by Gasteiger charge is 2.14. The highest BCUT2D eigenvalue weighted by atomic mass is 79.9. The Morgan fingerprint density at radius 3 is 2.88 bits per heavy atom. The first-order valence-electron chi connectivity index (χ1n) is 5.29. The van der Waals surface area contributed by atoms with Gasteiger partial charge in [0.25, 0.3) is 5.69 Å². The van der Waals surface area contributed by atoms with Crippen LogP contribution in [0.15, 0.2) is 22.7 Å². The maximum atomic E-state index is 10.7. The van der Waals surface area contributed by atoms with Gasteiger partial charge in [0.2, 0.25) is 0 Å². The number of nitrogens with one attached hydrogen (secondary N) is 1. The molecule has 1 unspecified atom stereocenters. The minimum Gasteiger partial charge on any atom is -0.396 e. The van der Waals surface area contributed by atoms with Gasteiger partial charge in [0, 0.05) is 25.8 Å². The Morgan fingerprint density at radius 2 is 2.29 bits per heavy atom. The van der Waals surface area contributed by atoms with E-state index in [1.54, 1.807) is 6.07 Å². The van der Waals surface area contributed by atoms with Crippen molar-refractivity contribution in [2.75, 3.05) is 13.2 Å². The number of aliphatic hydroxyl groups excluding tert-OH is 1. The van der Waals surface area contributed by atoms with Crippen molar-refractivity contribution >= 4 is 21.6 Å². The fourth-order valence-electron chi connectivity index (χ4n) is 1.36. The van der Waals surface area contributed by atoms with E-state index in [4.69, 9.17) is 5.11 Å². The number of aliphatic hydroxyl groups is 1. The molecule has 0 aliphatic rings. The second kappa shape index (κ2) is 6.68. The summed E-state index contributed by atoms with van der Waals surface area (Å²) in [6.07, 6.45) is 0. The molecule has 0 fully saturated rings. The maximum absolute atomic E-state index is 10.7. The molecule has 0 saturated heterocycles. The van der Waals surface area contributed by atoms with Crippen molar-refractivity contribution in [1.82, 2.24) is 5.32 Å². The Labute approximate surface area is 108 Å². The summed E-state index contributed by atoms with van der Waals surface area (Å²) in [6.45, 7) is 3.26. The lowest BCUT2D eigenvalue weighted by Gasteiger charge is -2.10. The lowest BCUT2D eigenvalue weighted by molar-refractivity contribution is -0.385. The van der Waals surface area contributed by atoms with Crippen LogP contribution in [0.4, 0.5) is 5.69 Å². The standard InChI is InChI=1S/C11H15BrN2O3/c1-8(7-15)5-13-6-9-3-2-4-10(11(9)12)14(16)17/h2-4,8,13,15H,5-7H2,1H3. The number of benzene rings is 1. The molecule has 2 N–H and O–H groups in total. The normalized spacial score (nSPS) is 12.4. The molecule has 0 heterocycles. The predicted molar refractivity (Wildman–Crippen MR) is 68.8 cm³/mol. The minimum atomic E-state index is -0.413. The molecule has 0 aliphatic carbocycles. The van der Waals surface area contributed by atoms with Gasteiger partial charge in [0.15, 0.2) is 0 Å². The first-order valence-corrected chi connectivity index (χ1v) is 6.09.